The number of hydrogen-bond acceptors (Lipinski definition) is 3. The second kappa shape index (κ2) is 5.65. The first-order valence-corrected chi connectivity index (χ1v) is 7.18. The summed E-state index contributed by atoms with van der Waals surface area (Å²) in [6.45, 7) is 4.91. The van der Waals surface area contributed by atoms with E-state index in [2.05, 4.69) is 47.4 Å². The van der Waals surface area contributed by atoms with Crippen molar-refractivity contribution in [2.45, 2.75) is 6.54 Å². The van der Waals surface area contributed by atoms with Gasteiger partial charge in [-0.1, -0.05) is 30.3 Å². The van der Waals surface area contributed by atoms with Crippen LogP contribution in [0.3, 0.4) is 0 Å². The molecular weight excluding hydrogens is 242 g/mol. The normalized spacial score (nSPS) is 16.9. The van der Waals surface area contributed by atoms with Crippen molar-refractivity contribution in [3.05, 3.63) is 47.3 Å². The van der Waals surface area contributed by atoms with Gasteiger partial charge in [0.15, 0.2) is 0 Å². The lowest BCUT2D eigenvalue weighted by atomic mass is 10.2. The highest BCUT2D eigenvalue weighted by Gasteiger charge is 2.12. The standard InChI is InChI=1S/C15H17NOS/c1-2-4-13(5-3-1)15-7-6-14(18-15)12-16-8-10-17-11-9-16/h1-7H,8-12H2. The summed E-state index contributed by atoms with van der Waals surface area (Å²) in [6.07, 6.45) is 0. The monoisotopic (exact) mass is 259 g/mol. The Morgan fingerprint density at radius 3 is 2.56 bits per heavy atom. The summed E-state index contributed by atoms with van der Waals surface area (Å²) >= 11 is 1.90. The number of hydrogen-bond donors (Lipinski definition) is 0. The molecule has 0 radical (unpaired) electrons. The molecule has 1 aromatic carbocycles. The van der Waals surface area contributed by atoms with Crippen LogP contribution in [-0.2, 0) is 11.3 Å². The predicted molar refractivity (Wildman–Crippen MR) is 75.9 cm³/mol. The molecule has 2 heterocycles. The molecule has 3 rings (SSSR count). The summed E-state index contributed by atoms with van der Waals surface area (Å²) < 4.78 is 5.37. The average molecular weight is 259 g/mol. The average Bonchev–Trinajstić information content (AvgIpc) is 2.89. The van der Waals surface area contributed by atoms with Crippen molar-refractivity contribution in [3.8, 4) is 10.4 Å². The lowest BCUT2D eigenvalue weighted by Gasteiger charge is -2.25. The van der Waals surface area contributed by atoms with Crippen LogP contribution in [0.25, 0.3) is 10.4 Å². The third kappa shape index (κ3) is 2.80. The molecule has 2 aromatic rings. The van der Waals surface area contributed by atoms with Gasteiger partial charge in [0.05, 0.1) is 13.2 Å². The van der Waals surface area contributed by atoms with Crippen LogP contribution in [0.2, 0.25) is 0 Å². The first-order valence-electron chi connectivity index (χ1n) is 6.36. The number of ether oxygens (including phenoxy) is 1. The van der Waals surface area contributed by atoms with Gasteiger partial charge in [-0.15, -0.1) is 11.3 Å². The molecule has 1 aliphatic heterocycles. The van der Waals surface area contributed by atoms with Crippen LogP contribution in [-0.4, -0.2) is 31.2 Å². The second-order valence-electron chi connectivity index (χ2n) is 4.52. The van der Waals surface area contributed by atoms with Crippen molar-refractivity contribution in [2.75, 3.05) is 26.3 Å². The van der Waals surface area contributed by atoms with Gasteiger partial charge in [0.2, 0.25) is 0 Å². The summed E-state index contributed by atoms with van der Waals surface area (Å²) in [4.78, 5) is 5.26. The lowest BCUT2D eigenvalue weighted by Crippen LogP contribution is -2.35. The van der Waals surface area contributed by atoms with Gasteiger partial charge in [0.1, 0.15) is 0 Å². The summed E-state index contributed by atoms with van der Waals surface area (Å²) in [5.41, 5.74) is 1.32. The number of thiophene rings is 1. The van der Waals surface area contributed by atoms with E-state index in [1.807, 2.05) is 11.3 Å². The van der Waals surface area contributed by atoms with Gasteiger partial charge < -0.3 is 4.74 Å². The highest BCUT2D eigenvalue weighted by atomic mass is 32.1. The minimum atomic E-state index is 0.872. The third-order valence-corrected chi connectivity index (χ3v) is 4.32. The maximum atomic E-state index is 5.37. The molecule has 0 spiro atoms. The van der Waals surface area contributed by atoms with Crippen LogP contribution in [0.1, 0.15) is 4.88 Å². The Hall–Kier alpha value is -1.16. The van der Waals surface area contributed by atoms with Gasteiger partial charge in [-0.05, 0) is 17.7 Å². The van der Waals surface area contributed by atoms with E-state index in [1.165, 1.54) is 15.3 Å². The van der Waals surface area contributed by atoms with Crippen molar-refractivity contribution in [1.29, 1.82) is 0 Å². The molecule has 1 aliphatic rings. The van der Waals surface area contributed by atoms with Gasteiger partial charge in [-0.3, -0.25) is 4.90 Å². The largest absolute Gasteiger partial charge is 0.379 e. The smallest absolute Gasteiger partial charge is 0.0594 e. The van der Waals surface area contributed by atoms with Crippen LogP contribution in [0.5, 0.6) is 0 Å². The molecule has 94 valence electrons. The van der Waals surface area contributed by atoms with E-state index in [0.717, 1.165) is 32.8 Å². The minimum absolute atomic E-state index is 0.872. The molecule has 18 heavy (non-hydrogen) atoms. The minimum Gasteiger partial charge on any atom is -0.379 e. The quantitative estimate of drug-likeness (QED) is 0.839. The number of rotatable bonds is 3. The van der Waals surface area contributed by atoms with Crippen molar-refractivity contribution in [3.63, 3.8) is 0 Å². The fourth-order valence-electron chi connectivity index (χ4n) is 2.20. The maximum absolute atomic E-state index is 5.37. The second-order valence-corrected chi connectivity index (χ2v) is 5.69. The molecule has 0 atom stereocenters. The van der Waals surface area contributed by atoms with Crippen molar-refractivity contribution in [1.82, 2.24) is 4.90 Å². The van der Waals surface area contributed by atoms with Crippen LogP contribution in [0.4, 0.5) is 0 Å². The number of nitrogens with zero attached hydrogens (tertiary/aromatic N) is 1. The van der Waals surface area contributed by atoms with Crippen molar-refractivity contribution in [2.24, 2.45) is 0 Å². The fourth-order valence-corrected chi connectivity index (χ4v) is 3.26. The van der Waals surface area contributed by atoms with Crippen LogP contribution in [0.15, 0.2) is 42.5 Å². The fraction of sp³-hybridized carbons (Fsp3) is 0.333. The molecular formula is C15H17NOS. The third-order valence-electron chi connectivity index (χ3n) is 3.20. The van der Waals surface area contributed by atoms with E-state index in [-0.39, 0.29) is 0 Å². The van der Waals surface area contributed by atoms with E-state index in [4.69, 9.17) is 4.74 Å². The molecule has 1 saturated heterocycles. The Bertz CT molecular complexity index is 488. The SMILES string of the molecule is c1ccc(-c2ccc(CN3CCOCC3)s2)cc1. The maximum Gasteiger partial charge on any atom is 0.0594 e. The molecule has 0 N–H and O–H groups in total. The van der Waals surface area contributed by atoms with E-state index in [0.29, 0.717) is 0 Å². The van der Waals surface area contributed by atoms with Crippen molar-refractivity contribution < 1.29 is 4.74 Å². The molecule has 0 unspecified atom stereocenters. The highest BCUT2D eigenvalue weighted by Crippen LogP contribution is 2.28. The van der Waals surface area contributed by atoms with Gasteiger partial charge >= 0.3 is 0 Å². The van der Waals surface area contributed by atoms with E-state index < -0.39 is 0 Å². The topological polar surface area (TPSA) is 12.5 Å². The molecule has 0 amide bonds. The van der Waals surface area contributed by atoms with Crippen LogP contribution >= 0.6 is 11.3 Å². The first kappa shape index (κ1) is 11.9. The Balaban J connectivity index is 1.69. The van der Waals surface area contributed by atoms with Gasteiger partial charge in [-0.2, -0.15) is 0 Å². The summed E-state index contributed by atoms with van der Waals surface area (Å²) in [5.74, 6) is 0. The zero-order valence-electron chi connectivity index (χ0n) is 10.3. The Labute approximate surface area is 112 Å². The summed E-state index contributed by atoms with van der Waals surface area (Å²) in [5, 5.41) is 0. The number of morpholine rings is 1. The first-order chi connectivity index (χ1) is 8.92. The van der Waals surface area contributed by atoms with E-state index in [9.17, 15) is 0 Å². The Kier molecular flexibility index (Phi) is 3.74. The van der Waals surface area contributed by atoms with Gasteiger partial charge in [-0.25, -0.2) is 0 Å². The van der Waals surface area contributed by atoms with Crippen LogP contribution in [0, 0.1) is 0 Å². The molecule has 1 fully saturated rings. The van der Waals surface area contributed by atoms with Crippen LogP contribution < -0.4 is 0 Å². The van der Waals surface area contributed by atoms with E-state index >= 15 is 0 Å². The lowest BCUT2D eigenvalue weighted by molar-refractivity contribution is 0.0346. The Morgan fingerprint density at radius 1 is 1.00 bits per heavy atom. The molecule has 3 heteroatoms. The van der Waals surface area contributed by atoms with Crippen molar-refractivity contribution >= 4 is 11.3 Å². The molecule has 0 bridgehead atoms. The Morgan fingerprint density at radius 2 is 1.78 bits per heavy atom. The van der Waals surface area contributed by atoms with Gasteiger partial charge in [0.25, 0.3) is 0 Å². The predicted octanol–water partition coefficient (Wildman–Crippen LogP) is 3.25. The zero-order valence-corrected chi connectivity index (χ0v) is 11.2. The molecule has 2 nitrogen and oxygen atoms in total. The summed E-state index contributed by atoms with van der Waals surface area (Å²) in [6, 6.07) is 15.1. The summed E-state index contributed by atoms with van der Waals surface area (Å²) in [7, 11) is 0. The number of benzene rings is 1. The molecule has 0 aliphatic carbocycles. The van der Waals surface area contributed by atoms with Gasteiger partial charge in [0, 0.05) is 29.4 Å². The molecule has 0 saturated carbocycles. The zero-order chi connectivity index (χ0) is 12.2. The van der Waals surface area contributed by atoms with E-state index in [1.54, 1.807) is 0 Å². The molecule has 1 aromatic heterocycles. The highest BCUT2D eigenvalue weighted by molar-refractivity contribution is 7.15.